The van der Waals surface area contributed by atoms with Crippen LogP contribution in [0.25, 0.3) is 10.8 Å². The number of pyridine rings is 1. The first-order chi connectivity index (χ1) is 13.2. The van der Waals surface area contributed by atoms with Gasteiger partial charge >= 0.3 is 0 Å². The Morgan fingerprint density at radius 2 is 1.81 bits per heavy atom. The summed E-state index contributed by atoms with van der Waals surface area (Å²) >= 11 is 0. The number of nitrogens with zero attached hydrogens (tertiary/aromatic N) is 1. The first kappa shape index (κ1) is 17.7. The summed E-state index contributed by atoms with van der Waals surface area (Å²) in [7, 11) is 0. The van der Waals surface area contributed by atoms with Crippen molar-refractivity contribution in [3.8, 4) is 0 Å². The van der Waals surface area contributed by atoms with E-state index in [0.717, 1.165) is 23.9 Å². The molecule has 2 aromatic carbocycles. The maximum atomic E-state index is 12.5. The van der Waals surface area contributed by atoms with Gasteiger partial charge in [-0.25, -0.2) is 0 Å². The first-order valence-corrected chi connectivity index (χ1v) is 9.85. The Hall–Kier alpha value is -2.68. The fourth-order valence-electron chi connectivity index (χ4n) is 4.08. The maximum absolute atomic E-state index is 12.5. The molecule has 1 heterocycles. The molecular weight excluding hydrogens is 332 g/mol. The predicted molar refractivity (Wildman–Crippen MR) is 110 cm³/mol. The Balaban J connectivity index is 1.28. The summed E-state index contributed by atoms with van der Waals surface area (Å²) in [4.78, 5) is 16.9. The van der Waals surface area contributed by atoms with Gasteiger partial charge in [0.15, 0.2) is 0 Å². The number of carbonyl (C=O) groups excluding carboxylic acids is 1. The SMILES string of the molecule is CC(Cc1cncc2ccccc12)C(=O)NCC1CC(c2ccccc2)C1. The lowest BCUT2D eigenvalue weighted by Crippen LogP contribution is -2.38. The summed E-state index contributed by atoms with van der Waals surface area (Å²) in [6, 6.07) is 18.9. The number of hydrogen-bond donors (Lipinski definition) is 1. The molecule has 4 rings (SSSR count). The van der Waals surface area contributed by atoms with Gasteiger partial charge in [-0.3, -0.25) is 9.78 Å². The van der Waals surface area contributed by atoms with Crippen molar-refractivity contribution in [2.24, 2.45) is 11.8 Å². The zero-order valence-corrected chi connectivity index (χ0v) is 15.8. The summed E-state index contributed by atoms with van der Waals surface area (Å²) in [5, 5.41) is 5.49. The van der Waals surface area contributed by atoms with Crippen molar-refractivity contribution >= 4 is 16.7 Å². The number of carbonyl (C=O) groups is 1. The van der Waals surface area contributed by atoms with Gasteiger partial charge in [0.05, 0.1) is 0 Å². The van der Waals surface area contributed by atoms with Crippen molar-refractivity contribution in [3.05, 3.63) is 78.1 Å². The van der Waals surface area contributed by atoms with Crippen LogP contribution < -0.4 is 5.32 Å². The molecule has 138 valence electrons. The van der Waals surface area contributed by atoms with Gasteiger partial charge in [-0.2, -0.15) is 0 Å². The zero-order chi connectivity index (χ0) is 18.6. The van der Waals surface area contributed by atoms with Crippen LogP contribution in [-0.2, 0) is 11.2 Å². The van der Waals surface area contributed by atoms with Crippen molar-refractivity contribution in [1.82, 2.24) is 10.3 Å². The number of nitrogens with one attached hydrogen (secondary N) is 1. The lowest BCUT2D eigenvalue weighted by Gasteiger charge is -2.36. The Morgan fingerprint density at radius 1 is 1.07 bits per heavy atom. The van der Waals surface area contributed by atoms with Crippen LogP contribution >= 0.6 is 0 Å². The molecule has 0 radical (unpaired) electrons. The van der Waals surface area contributed by atoms with Crippen LogP contribution in [0.3, 0.4) is 0 Å². The lowest BCUT2D eigenvalue weighted by molar-refractivity contribution is -0.124. The lowest BCUT2D eigenvalue weighted by atomic mass is 9.71. The quantitative estimate of drug-likeness (QED) is 0.692. The van der Waals surface area contributed by atoms with E-state index in [4.69, 9.17) is 0 Å². The maximum Gasteiger partial charge on any atom is 0.223 e. The molecule has 1 unspecified atom stereocenters. The fraction of sp³-hybridized carbons (Fsp3) is 0.333. The van der Waals surface area contributed by atoms with Gasteiger partial charge in [0, 0.05) is 30.2 Å². The topological polar surface area (TPSA) is 42.0 Å². The molecule has 1 atom stereocenters. The molecule has 1 aliphatic rings. The number of amides is 1. The van der Waals surface area contributed by atoms with E-state index in [1.54, 1.807) is 0 Å². The molecular formula is C24H26N2O. The molecule has 1 aliphatic carbocycles. The van der Waals surface area contributed by atoms with Crippen LogP contribution in [0.1, 0.15) is 36.8 Å². The van der Waals surface area contributed by atoms with Gasteiger partial charge in [-0.05, 0) is 47.6 Å². The van der Waals surface area contributed by atoms with Crippen LogP contribution in [0.5, 0.6) is 0 Å². The third-order valence-electron chi connectivity index (χ3n) is 5.80. The molecule has 3 aromatic rings. The van der Waals surface area contributed by atoms with E-state index in [0.29, 0.717) is 11.8 Å². The second-order valence-corrected chi connectivity index (χ2v) is 7.82. The number of rotatable bonds is 6. The van der Waals surface area contributed by atoms with Crippen molar-refractivity contribution in [2.75, 3.05) is 6.54 Å². The Kier molecular flexibility index (Phi) is 5.19. The van der Waals surface area contributed by atoms with E-state index < -0.39 is 0 Å². The molecule has 1 N–H and O–H groups in total. The van der Waals surface area contributed by atoms with Gasteiger partial charge in [0.2, 0.25) is 5.91 Å². The third kappa shape index (κ3) is 4.02. The standard InChI is InChI=1S/C24H26N2O/c1-17(11-22-16-25-15-20-9-5-6-10-23(20)22)24(27)26-14-18-12-21(13-18)19-7-3-2-4-8-19/h2-10,15-18,21H,11-14H2,1H3,(H,26,27). The summed E-state index contributed by atoms with van der Waals surface area (Å²) in [6.45, 7) is 2.80. The van der Waals surface area contributed by atoms with Crippen LogP contribution in [-0.4, -0.2) is 17.4 Å². The van der Waals surface area contributed by atoms with Crippen molar-refractivity contribution in [3.63, 3.8) is 0 Å². The zero-order valence-electron chi connectivity index (χ0n) is 15.8. The molecule has 0 saturated heterocycles. The number of hydrogen-bond acceptors (Lipinski definition) is 2. The van der Waals surface area contributed by atoms with Crippen molar-refractivity contribution in [2.45, 2.75) is 32.1 Å². The van der Waals surface area contributed by atoms with Gasteiger partial charge in [-0.1, -0.05) is 61.5 Å². The highest BCUT2D eigenvalue weighted by molar-refractivity contribution is 5.85. The Bertz CT molecular complexity index is 911. The van der Waals surface area contributed by atoms with E-state index in [2.05, 4.69) is 52.8 Å². The van der Waals surface area contributed by atoms with Gasteiger partial charge in [0.1, 0.15) is 0 Å². The minimum Gasteiger partial charge on any atom is -0.356 e. The highest BCUT2D eigenvalue weighted by Crippen LogP contribution is 2.41. The average molecular weight is 358 g/mol. The summed E-state index contributed by atoms with van der Waals surface area (Å²) in [6.07, 6.45) is 6.83. The summed E-state index contributed by atoms with van der Waals surface area (Å²) < 4.78 is 0. The second kappa shape index (κ2) is 7.91. The van der Waals surface area contributed by atoms with Gasteiger partial charge < -0.3 is 5.32 Å². The molecule has 0 aliphatic heterocycles. The van der Waals surface area contributed by atoms with E-state index in [-0.39, 0.29) is 11.8 Å². The van der Waals surface area contributed by atoms with Gasteiger partial charge in [0.25, 0.3) is 0 Å². The van der Waals surface area contributed by atoms with Crippen LogP contribution in [0.15, 0.2) is 67.0 Å². The molecule has 1 saturated carbocycles. The van der Waals surface area contributed by atoms with Crippen LogP contribution in [0.4, 0.5) is 0 Å². The largest absolute Gasteiger partial charge is 0.356 e. The summed E-state index contributed by atoms with van der Waals surface area (Å²) in [5.74, 6) is 1.35. The Labute approximate surface area is 160 Å². The molecule has 1 amide bonds. The highest BCUT2D eigenvalue weighted by Gasteiger charge is 2.30. The number of fused-ring (bicyclic) bond motifs is 1. The molecule has 27 heavy (non-hydrogen) atoms. The van der Waals surface area contributed by atoms with Crippen molar-refractivity contribution in [1.29, 1.82) is 0 Å². The van der Waals surface area contributed by atoms with E-state index in [1.165, 1.54) is 23.8 Å². The minimum absolute atomic E-state index is 0.0531. The molecule has 0 bridgehead atoms. The molecule has 3 heteroatoms. The van der Waals surface area contributed by atoms with Crippen LogP contribution in [0.2, 0.25) is 0 Å². The number of aromatic nitrogens is 1. The third-order valence-corrected chi connectivity index (χ3v) is 5.80. The van der Waals surface area contributed by atoms with Gasteiger partial charge in [-0.15, -0.1) is 0 Å². The number of benzene rings is 2. The van der Waals surface area contributed by atoms with E-state index in [1.807, 2.05) is 31.5 Å². The first-order valence-electron chi connectivity index (χ1n) is 9.85. The highest BCUT2D eigenvalue weighted by atomic mass is 16.1. The molecule has 0 spiro atoms. The molecule has 3 nitrogen and oxygen atoms in total. The minimum atomic E-state index is -0.0531. The van der Waals surface area contributed by atoms with Crippen LogP contribution in [0, 0.1) is 11.8 Å². The monoisotopic (exact) mass is 358 g/mol. The smallest absolute Gasteiger partial charge is 0.223 e. The molecule has 1 aromatic heterocycles. The van der Waals surface area contributed by atoms with E-state index >= 15 is 0 Å². The average Bonchev–Trinajstić information content (AvgIpc) is 2.67. The summed E-state index contributed by atoms with van der Waals surface area (Å²) in [5.41, 5.74) is 2.57. The van der Waals surface area contributed by atoms with Crippen molar-refractivity contribution < 1.29 is 4.79 Å². The van der Waals surface area contributed by atoms with E-state index in [9.17, 15) is 4.79 Å². The fourth-order valence-corrected chi connectivity index (χ4v) is 4.08. The second-order valence-electron chi connectivity index (χ2n) is 7.82. The predicted octanol–water partition coefficient (Wildman–Crippen LogP) is 4.72. The molecule has 1 fully saturated rings. The Morgan fingerprint density at radius 3 is 2.63 bits per heavy atom. The normalized spacial score (nSPS) is 20.0.